The van der Waals surface area contributed by atoms with Crippen molar-refractivity contribution in [3.8, 4) is 17.0 Å². The first-order valence-corrected chi connectivity index (χ1v) is 16.0. The lowest BCUT2D eigenvalue weighted by molar-refractivity contribution is -0.128. The standard InChI is InChI=1S/C33H42ClFN6O3/c1-6-26(42)39-15-16-40-23(18-39)20-44-30-27(32(40)43)31(36-29(28(30)34)24-9-7-8-10-25(24)35)41-19-22(17-33(41,4)5)38-13-11-37(12-14-38)21(2)3/h6-10,21-23H,1,11-20H2,2-5H3/t22?,23-/m1/s1. The van der Waals surface area contributed by atoms with E-state index in [0.29, 0.717) is 43.6 Å². The van der Waals surface area contributed by atoms with Gasteiger partial charge >= 0.3 is 0 Å². The van der Waals surface area contributed by atoms with Gasteiger partial charge in [0.2, 0.25) is 5.91 Å². The first-order valence-electron chi connectivity index (χ1n) is 15.6. The van der Waals surface area contributed by atoms with Crippen LogP contribution < -0.4 is 9.64 Å². The number of rotatable bonds is 5. The minimum absolute atomic E-state index is 0.111. The fourth-order valence-electron chi connectivity index (χ4n) is 7.25. The number of anilines is 1. The van der Waals surface area contributed by atoms with Crippen molar-refractivity contribution in [2.24, 2.45) is 0 Å². The van der Waals surface area contributed by atoms with E-state index in [0.717, 1.165) is 32.6 Å². The Morgan fingerprint density at radius 1 is 1.11 bits per heavy atom. The molecule has 4 aliphatic heterocycles. The summed E-state index contributed by atoms with van der Waals surface area (Å²) in [5.74, 6) is -0.181. The molecule has 5 heterocycles. The number of nitrogens with zero attached hydrogens (tertiary/aromatic N) is 6. The number of halogens is 2. The van der Waals surface area contributed by atoms with Gasteiger partial charge < -0.3 is 19.4 Å². The average Bonchev–Trinajstić information content (AvgIpc) is 3.25. The van der Waals surface area contributed by atoms with Gasteiger partial charge in [0.05, 0.1) is 11.7 Å². The van der Waals surface area contributed by atoms with E-state index < -0.39 is 5.82 Å². The molecule has 2 atom stereocenters. The molecule has 0 aliphatic carbocycles. The van der Waals surface area contributed by atoms with Gasteiger partial charge in [0.25, 0.3) is 5.91 Å². The number of benzene rings is 1. The smallest absolute Gasteiger partial charge is 0.261 e. The summed E-state index contributed by atoms with van der Waals surface area (Å²) in [4.78, 5) is 42.6. The van der Waals surface area contributed by atoms with E-state index in [9.17, 15) is 9.59 Å². The summed E-state index contributed by atoms with van der Waals surface area (Å²) in [6.07, 6.45) is 2.18. The molecule has 236 valence electrons. The molecule has 44 heavy (non-hydrogen) atoms. The number of hydrogen-bond acceptors (Lipinski definition) is 7. The first-order chi connectivity index (χ1) is 21.0. The summed E-state index contributed by atoms with van der Waals surface area (Å²) < 4.78 is 21.6. The number of ether oxygens (including phenoxy) is 1. The molecule has 6 rings (SSSR count). The zero-order chi connectivity index (χ0) is 31.3. The van der Waals surface area contributed by atoms with Crippen LogP contribution in [0.15, 0.2) is 36.9 Å². The Bertz CT molecular complexity index is 1460. The van der Waals surface area contributed by atoms with E-state index in [2.05, 4.69) is 49.0 Å². The molecule has 0 N–H and O–H groups in total. The SMILES string of the molecule is C=CC(=O)N1CCN2C(=O)c3c(N4CC(N5CCN(C(C)C)CC5)CC4(C)C)nc(-c4ccccc4F)c(Cl)c3OC[C@H]2C1. The summed E-state index contributed by atoms with van der Waals surface area (Å²) in [7, 11) is 0. The highest BCUT2D eigenvalue weighted by molar-refractivity contribution is 6.35. The molecule has 1 aromatic carbocycles. The summed E-state index contributed by atoms with van der Waals surface area (Å²) >= 11 is 6.98. The van der Waals surface area contributed by atoms with E-state index in [1.807, 2.05) is 0 Å². The highest BCUT2D eigenvalue weighted by Gasteiger charge is 2.47. The Morgan fingerprint density at radius 2 is 1.84 bits per heavy atom. The second-order valence-electron chi connectivity index (χ2n) is 13.2. The normalized spacial score (nSPS) is 24.2. The van der Waals surface area contributed by atoms with Crippen molar-refractivity contribution >= 4 is 29.2 Å². The third-order valence-corrected chi connectivity index (χ3v) is 10.1. The van der Waals surface area contributed by atoms with Crippen LogP contribution in [0.2, 0.25) is 5.02 Å². The molecule has 2 amide bonds. The molecule has 0 bridgehead atoms. The lowest BCUT2D eigenvalue weighted by atomic mass is 9.98. The number of aromatic nitrogens is 1. The third kappa shape index (κ3) is 5.45. The molecule has 11 heteroatoms. The van der Waals surface area contributed by atoms with Crippen LogP contribution in [0, 0.1) is 5.82 Å². The van der Waals surface area contributed by atoms with Gasteiger partial charge in [0, 0.05) is 75.5 Å². The molecule has 2 aromatic rings. The monoisotopic (exact) mass is 624 g/mol. The largest absolute Gasteiger partial charge is 0.489 e. The number of hydrogen-bond donors (Lipinski definition) is 0. The first kappa shape index (κ1) is 30.8. The maximum atomic E-state index is 15.2. The molecule has 3 saturated heterocycles. The van der Waals surface area contributed by atoms with Crippen molar-refractivity contribution in [2.45, 2.75) is 57.8 Å². The predicted molar refractivity (Wildman–Crippen MR) is 170 cm³/mol. The molecular formula is C33H42ClFN6O3. The van der Waals surface area contributed by atoms with Gasteiger partial charge in [0.15, 0.2) is 5.75 Å². The van der Waals surface area contributed by atoms with Gasteiger partial charge in [-0.15, -0.1) is 0 Å². The van der Waals surface area contributed by atoms with Crippen LogP contribution >= 0.6 is 11.6 Å². The minimum atomic E-state index is -0.453. The summed E-state index contributed by atoms with van der Waals surface area (Å²) in [6.45, 7) is 18.3. The highest BCUT2D eigenvalue weighted by Crippen LogP contribution is 2.47. The predicted octanol–water partition coefficient (Wildman–Crippen LogP) is 4.16. The molecule has 4 aliphatic rings. The fourth-order valence-corrected chi connectivity index (χ4v) is 7.54. The summed E-state index contributed by atoms with van der Waals surface area (Å²) in [6, 6.07) is 6.81. The number of carbonyl (C=O) groups excluding carboxylic acids is 2. The van der Waals surface area contributed by atoms with Crippen LogP contribution in [0.1, 0.15) is 44.5 Å². The van der Waals surface area contributed by atoms with Crippen LogP contribution in [0.5, 0.6) is 5.75 Å². The fraction of sp³-hybridized carbons (Fsp3) is 0.545. The maximum absolute atomic E-state index is 15.2. The van der Waals surface area contributed by atoms with Crippen molar-refractivity contribution < 1.29 is 18.7 Å². The van der Waals surface area contributed by atoms with E-state index >= 15 is 4.39 Å². The van der Waals surface area contributed by atoms with Crippen molar-refractivity contribution in [1.29, 1.82) is 0 Å². The zero-order valence-electron chi connectivity index (χ0n) is 26.1. The van der Waals surface area contributed by atoms with Crippen molar-refractivity contribution in [1.82, 2.24) is 24.6 Å². The van der Waals surface area contributed by atoms with Crippen LogP contribution in [0.3, 0.4) is 0 Å². The van der Waals surface area contributed by atoms with Crippen LogP contribution in [-0.4, -0.2) is 119 Å². The molecule has 1 unspecified atom stereocenters. The van der Waals surface area contributed by atoms with E-state index in [4.69, 9.17) is 21.3 Å². The number of pyridine rings is 1. The van der Waals surface area contributed by atoms with Crippen LogP contribution in [0.4, 0.5) is 10.2 Å². The summed E-state index contributed by atoms with van der Waals surface area (Å²) in [5.41, 5.74) is 0.460. The molecule has 1 aromatic heterocycles. The van der Waals surface area contributed by atoms with Gasteiger partial charge in [-0.25, -0.2) is 9.37 Å². The number of carbonyl (C=O) groups is 2. The maximum Gasteiger partial charge on any atom is 0.261 e. The van der Waals surface area contributed by atoms with E-state index in [-0.39, 0.29) is 58.1 Å². The zero-order valence-corrected chi connectivity index (χ0v) is 26.8. The van der Waals surface area contributed by atoms with Gasteiger partial charge in [-0.1, -0.05) is 30.3 Å². The van der Waals surface area contributed by atoms with E-state index in [1.165, 1.54) is 12.1 Å². The lowest BCUT2D eigenvalue weighted by Gasteiger charge is -2.40. The Morgan fingerprint density at radius 3 is 2.52 bits per heavy atom. The van der Waals surface area contributed by atoms with Crippen molar-refractivity contribution in [3.05, 3.63) is 53.3 Å². The lowest BCUT2D eigenvalue weighted by Crippen LogP contribution is -2.57. The Balaban J connectivity index is 1.41. The molecule has 0 saturated carbocycles. The van der Waals surface area contributed by atoms with Crippen molar-refractivity contribution in [2.75, 3.05) is 63.9 Å². The molecule has 0 spiro atoms. The van der Waals surface area contributed by atoms with Gasteiger partial charge in [-0.2, -0.15) is 0 Å². The second kappa shape index (κ2) is 11.9. The van der Waals surface area contributed by atoms with Gasteiger partial charge in [-0.3, -0.25) is 19.4 Å². The van der Waals surface area contributed by atoms with Crippen molar-refractivity contribution in [3.63, 3.8) is 0 Å². The third-order valence-electron chi connectivity index (χ3n) is 9.78. The number of piperazine rings is 2. The Kier molecular flexibility index (Phi) is 8.36. The minimum Gasteiger partial charge on any atom is -0.489 e. The molecule has 0 radical (unpaired) electrons. The number of amides is 2. The Hall–Kier alpha value is -3.21. The highest BCUT2D eigenvalue weighted by atomic mass is 35.5. The molecule has 9 nitrogen and oxygen atoms in total. The second-order valence-corrected chi connectivity index (χ2v) is 13.6. The molecule has 3 fully saturated rings. The Labute approximate surface area is 264 Å². The molecular weight excluding hydrogens is 583 g/mol. The quantitative estimate of drug-likeness (QED) is 0.463. The van der Waals surface area contributed by atoms with E-state index in [1.54, 1.807) is 28.0 Å². The van der Waals surface area contributed by atoms with Crippen LogP contribution in [-0.2, 0) is 4.79 Å². The van der Waals surface area contributed by atoms with Crippen LogP contribution in [0.25, 0.3) is 11.3 Å². The number of fused-ring (bicyclic) bond motifs is 2. The topological polar surface area (TPSA) is 72.5 Å². The van der Waals surface area contributed by atoms with Gasteiger partial charge in [0.1, 0.15) is 28.8 Å². The van der Waals surface area contributed by atoms with Gasteiger partial charge in [-0.05, 0) is 52.3 Å². The summed E-state index contributed by atoms with van der Waals surface area (Å²) in [5, 5.41) is 0.111. The average molecular weight is 625 g/mol.